The number of carbonyl (C=O) groups excluding carboxylic acids is 1. The molecule has 2 aliphatic heterocycles. The fourth-order valence-electron chi connectivity index (χ4n) is 3.51. The van der Waals surface area contributed by atoms with Gasteiger partial charge in [0.25, 0.3) is 11.6 Å². The smallest absolute Gasteiger partial charge is 0.293 e. The minimum Gasteiger partial charge on any atom is -0.383 e. The Balaban J connectivity index is 1.80. The summed E-state index contributed by atoms with van der Waals surface area (Å²) >= 11 is 0. The van der Waals surface area contributed by atoms with Gasteiger partial charge in [-0.15, -0.1) is 0 Å². The number of hydrogen-bond acceptors (Lipinski definition) is 7. The van der Waals surface area contributed by atoms with Crippen molar-refractivity contribution in [3.05, 3.63) is 33.9 Å². The maximum atomic E-state index is 13.1. The maximum Gasteiger partial charge on any atom is 0.293 e. The number of benzene rings is 1. The summed E-state index contributed by atoms with van der Waals surface area (Å²) < 4.78 is 16.1. The lowest BCUT2D eigenvalue weighted by Gasteiger charge is -2.38. The molecule has 1 amide bonds. The second-order valence-electron chi connectivity index (χ2n) is 6.58. The molecule has 0 aliphatic carbocycles. The van der Waals surface area contributed by atoms with Crippen molar-refractivity contribution >= 4 is 17.3 Å². The number of carbonyl (C=O) groups is 1. The second kappa shape index (κ2) is 9.12. The number of hydrogen-bond donors (Lipinski definition) is 1. The van der Waals surface area contributed by atoms with E-state index in [4.69, 9.17) is 14.2 Å². The fourth-order valence-corrected chi connectivity index (χ4v) is 3.51. The van der Waals surface area contributed by atoms with E-state index in [9.17, 15) is 14.9 Å². The van der Waals surface area contributed by atoms with Crippen LogP contribution in [0, 0.1) is 10.1 Å². The van der Waals surface area contributed by atoms with Crippen LogP contribution in [0.25, 0.3) is 0 Å². The number of nitro benzene ring substituents is 1. The van der Waals surface area contributed by atoms with Crippen LogP contribution in [0.4, 0.5) is 11.4 Å². The number of nitrogens with zero attached hydrogens (tertiary/aromatic N) is 2. The highest BCUT2D eigenvalue weighted by molar-refractivity contribution is 5.96. The van der Waals surface area contributed by atoms with Gasteiger partial charge in [-0.2, -0.15) is 0 Å². The van der Waals surface area contributed by atoms with Crippen molar-refractivity contribution < 1.29 is 23.9 Å². The molecular weight excluding hydrogens is 354 g/mol. The van der Waals surface area contributed by atoms with Crippen molar-refractivity contribution in [2.24, 2.45) is 0 Å². The average molecular weight is 379 g/mol. The van der Waals surface area contributed by atoms with E-state index in [1.807, 2.05) is 0 Å². The van der Waals surface area contributed by atoms with E-state index in [2.05, 4.69) is 5.32 Å². The van der Waals surface area contributed by atoms with Crippen LogP contribution in [0.1, 0.15) is 29.6 Å². The molecule has 2 heterocycles. The van der Waals surface area contributed by atoms with Gasteiger partial charge in [-0.05, 0) is 31.4 Å². The van der Waals surface area contributed by atoms with Gasteiger partial charge in [-0.25, -0.2) is 0 Å². The van der Waals surface area contributed by atoms with Gasteiger partial charge in [0.05, 0.1) is 30.8 Å². The van der Waals surface area contributed by atoms with Gasteiger partial charge in [0.2, 0.25) is 0 Å². The van der Waals surface area contributed by atoms with E-state index in [0.717, 1.165) is 19.3 Å². The Morgan fingerprint density at radius 1 is 1.37 bits per heavy atom. The number of amides is 1. The number of ether oxygens (including phenoxy) is 3. The van der Waals surface area contributed by atoms with Crippen molar-refractivity contribution in [2.45, 2.75) is 31.6 Å². The molecule has 3 rings (SSSR count). The number of likely N-dealkylation sites (tertiary alicyclic amines) is 1. The zero-order valence-electron chi connectivity index (χ0n) is 15.4. The Hall–Kier alpha value is -2.23. The Kier molecular flexibility index (Phi) is 6.59. The van der Waals surface area contributed by atoms with Gasteiger partial charge in [-0.1, -0.05) is 0 Å². The molecule has 0 bridgehead atoms. The Morgan fingerprint density at radius 3 is 2.85 bits per heavy atom. The Bertz CT molecular complexity index is 677. The van der Waals surface area contributed by atoms with Crippen LogP contribution >= 0.6 is 0 Å². The SMILES string of the molecule is COCCNc1ccc(C(=O)N2CCCCC2C2OCCO2)cc1[N+](=O)[O-]. The molecule has 9 heteroatoms. The first-order valence-corrected chi connectivity index (χ1v) is 9.17. The summed E-state index contributed by atoms with van der Waals surface area (Å²) in [5, 5.41) is 14.4. The van der Waals surface area contributed by atoms with Gasteiger partial charge in [0.15, 0.2) is 6.29 Å². The minimum absolute atomic E-state index is 0.126. The highest BCUT2D eigenvalue weighted by Gasteiger charge is 2.37. The topological polar surface area (TPSA) is 103 Å². The first-order valence-electron chi connectivity index (χ1n) is 9.17. The van der Waals surface area contributed by atoms with Crippen LogP contribution in [0.2, 0.25) is 0 Å². The molecule has 2 fully saturated rings. The van der Waals surface area contributed by atoms with Crippen LogP contribution in [0.5, 0.6) is 0 Å². The minimum atomic E-state index is -0.483. The molecule has 2 saturated heterocycles. The standard InChI is InChI=1S/C18H25N3O6/c1-25-9-7-19-14-6-5-13(12-16(14)21(23)24)17(22)20-8-3-2-4-15(20)18-26-10-11-27-18/h5-6,12,15,18-19H,2-4,7-11H2,1H3. The molecule has 1 atom stereocenters. The zero-order chi connectivity index (χ0) is 19.2. The van der Waals surface area contributed by atoms with Crippen LogP contribution in [-0.4, -0.2) is 68.1 Å². The first kappa shape index (κ1) is 19.5. The van der Waals surface area contributed by atoms with E-state index in [-0.39, 0.29) is 17.6 Å². The third-order valence-corrected chi connectivity index (χ3v) is 4.83. The van der Waals surface area contributed by atoms with Crippen LogP contribution in [0.15, 0.2) is 18.2 Å². The molecule has 1 aromatic rings. The van der Waals surface area contributed by atoms with E-state index in [0.29, 0.717) is 44.2 Å². The van der Waals surface area contributed by atoms with E-state index < -0.39 is 11.2 Å². The summed E-state index contributed by atoms with van der Waals surface area (Å²) in [6.45, 7) is 2.51. The quantitative estimate of drug-likeness (QED) is 0.439. The molecule has 148 valence electrons. The fraction of sp³-hybridized carbons (Fsp3) is 0.611. The van der Waals surface area contributed by atoms with Gasteiger partial charge in [0.1, 0.15) is 5.69 Å². The molecule has 1 N–H and O–H groups in total. The van der Waals surface area contributed by atoms with Gasteiger partial charge in [0, 0.05) is 31.8 Å². The first-order chi connectivity index (χ1) is 13.1. The highest BCUT2D eigenvalue weighted by Crippen LogP contribution is 2.29. The molecule has 0 radical (unpaired) electrons. The van der Waals surface area contributed by atoms with E-state index >= 15 is 0 Å². The number of nitro groups is 1. The number of rotatable bonds is 7. The third-order valence-electron chi connectivity index (χ3n) is 4.83. The summed E-state index contributed by atoms with van der Waals surface area (Å²) in [6.07, 6.45) is 2.28. The lowest BCUT2D eigenvalue weighted by molar-refractivity contribution is -0.384. The summed E-state index contributed by atoms with van der Waals surface area (Å²) in [6, 6.07) is 4.36. The highest BCUT2D eigenvalue weighted by atomic mass is 16.7. The summed E-state index contributed by atoms with van der Waals surface area (Å²) in [4.78, 5) is 25.8. The molecule has 9 nitrogen and oxygen atoms in total. The molecule has 0 saturated carbocycles. The molecule has 0 spiro atoms. The van der Waals surface area contributed by atoms with Crippen LogP contribution in [-0.2, 0) is 14.2 Å². The molecule has 1 aromatic carbocycles. The number of methoxy groups -OCH3 is 1. The summed E-state index contributed by atoms with van der Waals surface area (Å²) in [5.74, 6) is -0.231. The molecule has 1 unspecified atom stereocenters. The van der Waals surface area contributed by atoms with Crippen molar-refractivity contribution in [1.82, 2.24) is 4.90 Å². The van der Waals surface area contributed by atoms with Crippen molar-refractivity contribution in [3.63, 3.8) is 0 Å². The normalized spacial score (nSPS) is 20.6. The zero-order valence-corrected chi connectivity index (χ0v) is 15.4. The van der Waals surface area contributed by atoms with Crippen molar-refractivity contribution in [2.75, 3.05) is 45.3 Å². The van der Waals surface area contributed by atoms with Gasteiger partial charge >= 0.3 is 0 Å². The monoisotopic (exact) mass is 379 g/mol. The van der Waals surface area contributed by atoms with Crippen LogP contribution in [0.3, 0.4) is 0 Å². The Labute approximate surface area is 157 Å². The average Bonchev–Trinajstić information content (AvgIpc) is 3.22. The molecule has 0 aromatic heterocycles. The molecule has 2 aliphatic rings. The number of piperidine rings is 1. The lowest BCUT2D eigenvalue weighted by atomic mass is 10.00. The van der Waals surface area contributed by atoms with Crippen molar-refractivity contribution in [1.29, 1.82) is 0 Å². The van der Waals surface area contributed by atoms with Crippen LogP contribution < -0.4 is 5.32 Å². The molecular formula is C18H25N3O6. The second-order valence-corrected chi connectivity index (χ2v) is 6.58. The van der Waals surface area contributed by atoms with Gasteiger partial charge < -0.3 is 24.4 Å². The lowest BCUT2D eigenvalue weighted by Crippen LogP contribution is -2.50. The third kappa shape index (κ3) is 4.55. The Morgan fingerprint density at radius 2 is 2.15 bits per heavy atom. The largest absolute Gasteiger partial charge is 0.383 e. The summed E-state index contributed by atoms with van der Waals surface area (Å²) in [5.41, 5.74) is 0.536. The van der Waals surface area contributed by atoms with E-state index in [1.165, 1.54) is 6.07 Å². The number of anilines is 1. The maximum absolute atomic E-state index is 13.1. The van der Waals surface area contributed by atoms with E-state index in [1.54, 1.807) is 24.1 Å². The summed E-state index contributed by atoms with van der Waals surface area (Å²) in [7, 11) is 1.56. The molecule has 27 heavy (non-hydrogen) atoms. The predicted octanol–water partition coefficient (Wildman–Crippen LogP) is 2.02. The van der Waals surface area contributed by atoms with Gasteiger partial charge in [-0.3, -0.25) is 14.9 Å². The van der Waals surface area contributed by atoms with Crippen molar-refractivity contribution in [3.8, 4) is 0 Å². The number of nitrogens with one attached hydrogen (secondary N) is 1. The predicted molar refractivity (Wildman–Crippen MR) is 97.8 cm³/mol.